The lowest BCUT2D eigenvalue weighted by atomic mass is 9.80. The van der Waals surface area contributed by atoms with Gasteiger partial charge in [-0.1, -0.05) is 103 Å². The molecule has 13 heteroatoms. The van der Waals surface area contributed by atoms with Crippen LogP contribution in [0.25, 0.3) is 0 Å². The Morgan fingerprint density at radius 3 is 1.40 bits per heavy atom. The molecule has 1 saturated heterocycles. The van der Waals surface area contributed by atoms with Gasteiger partial charge in [0.1, 0.15) is 18.8 Å². The van der Waals surface area contributed by atoms with Crippen LogP contribution < -0.4 is 0 Å². The lowest BCUT2D eigenvalue weighted by Crippen LogP contribution is -2.67. The van der Waals surface area contributed by atoms with Gasteiger partial charge in [-0.3, -0.25) is 4.79 Å². The zero-order valence-electron chi connectivity index (χ0n) is 27.5. The van der Waals surface area contributed by atoms with E-state index in [-0.39, 0.29) is 22.3 Å². The van der Waals surface area contributed by atoms with Crippen LogP contribution in [0, 0.1) is 5.92 Å². The first-order chi connectivity index (χ1) is 25.0. The van der Waals surface area contributed by atoms with Crippen LogP contribution in [-0.4, -0.2) is 77.4 Å². The number of ether oxygens (including phenoxy) is 6. The molecule has 1 aliphatic carbocycles. The SMILES string of the molecule is CC1C(=O)C(Cl)(Cl)C1O[C@@H]1O[C@H](COC(=O)c2ccccc2)[C@H](OC(=O)c2ccccc2)[C@H](OC(=O)c2ccccc2)[C@H]1OC(=O)c1ccccc1. The second kappa shape index (κ2) is 16.1. The highest BCUT2D eigenvalue weighted by Crippen LogP contribution is 2.47. The minimum absolute atomic E-state index is 0.124. The van der Waals surface area contributed by atoms with Crippen molar-refractivity contribution in [3.05, 3.63) is 144 Å². The van der Waals surface area contributed by atoms with Gasteiger partial charge in [0.05, 0.1) is 22.3 Å². The number of carbonyl (C=O) groups excluding carboxylic acids is 5. The third-order valence-corrected chi connectivity index (χ3v) is 9.37. The Bertz CT molecular complexity index is 1890. The standard InChI is InChI=1S/C39H32Cl2O11/c1-23-32(42)39(40,41)33(23)52-38-31(51-37(46)27-20-12-5-13-21-27)30(50-36(45)26-18-10-4-11-19-26)29(49-35(44)25-16-8-3-9-17-25)28(48-38)22-47-34(43)24-14-6-2-7-15-24/h2-21,23,28-31,33,38H,22H2,1H3/t23?,28-,29+,30+,31-,33?,38+/m1/s1. The Morgan fingerprint density at radius 2 is 0.981 bits per heavy atom. The Hall–Kier alpha value is -5.07. The summed E-state index contributed by atoms with van der Waals surface area (Å²) in [6, 6.07) is 32.0. The lowest BCUT2D eigenvalue weighted by Gasteiger charge is -2.49. The van der Waals surface area contributed by atoms with E-state index in [0.717, 1.165) is 0 Å². The molecule has 52 heavy (non-hydrogen) atoms. The summed E-state index contributed by atoms with van der Waals surface area (Å²) in [5.74, 6) is -4.64. The molecule has 0 aromatic heterocycles. The second-order valence-corrected chi connectivity index (χ2v) is 13.4. The predicted molar refractivity (Wildman–Crippen MR) is 186 cm³/mol. The highest BCUT2D eigenvalue weighted by atomic mass is 35.5. The van der Waals surface area contributed by atoms with Crippen LogP contribution in [0.15, 0.2) is 121 Å². The molecular weight excluding hydrogens is 715 g/mol. The van der Waals surface area contributed by atoms with Crippen molar-refractivity contribution in [2.45, 2.75) is 48.1 Å². The smallest absolute Gasteiger partial charge is 0.338 e. The van der Waals surface area contributed by atoms with Gasteiger partial charge >= 0.3 is 23.9 Å². The highest BCUT2D eigenvalue weighted by Gasteiger charge is 2.63. The largest absolute Gasteiger partial charge is 0.459 e. The molecule has 0 radical (unpaired) electrons. The van der Waals surface area contributed by atoms with Crippen molar-refractivity contribution < 1.29 is 52.4 Å². The highest BCUT2D eigenvalue weighted by molar-refractivity contribution is 6.61. The first-order valence-corrected chi connectivity index (χ1v) is 17.0. The van der Waals surface area contributed by atoms with Crippen molar-refractivity contribution >= 4 is 52.9 Å². The predicted octanol–water partition coefficient (Wildman–Crippen LogP) is 6.02. The molecule has 2 fully saturated rings. The molecule has 2 aliphatic rings. The zero-order chi connectivity index (χ0) is 36.8. The van der Waals surface area contributed by atoms with Crippen molar-refractivity contribution in [3.8, 4) is 0 Å². The fourth-order valence-corrected chi connectivity index (χ4v) is 6.61. The number of rotatable bonds is 11. The second-order valence-electron chi connectivity index (χ2n) is 12.0. The lowest BCUT2D eigenvalue weighted by molar-refractivity contribution is -0.315. The molecule has 7 atom stereocenters. The molecule has 6 rings (SSSR count). The van der Waals surface area contributed by atoms with Crippen molar-refractivity contribution in [3.63, 3.8) is 0 Å². The van der Waals surface area contributed by atoms with Crippen LogP contribution in [0.5, 0.6) is 0 Å². The van der Waals surface area contributed by atoms with Crippen molar-refractivity contribution in [2.24, 2.45) is 5.92 Å². The zero-order valence-corrected chi connectivity index (χ0v) is 29.1. The molecule has 0 spiro atoms. The van der Waals surface area contributed by atoms with Gasteiger partial charge in [0.15, 0.2) is 30.4 Å². The topological polar surface area (TPSA) is 141 Å². The van der Waals surface area contributed by atoms with Gasteiger partial charge in [-0.15, -0.1) is 0 Å². The van der Waals surface area contributed by atoms with Crippen LogP contribution in [0.2, 0.25) is 0 Å². The number of halogens is 2. The Kier molecular flexibility index (Phi) is 11.4. The van der Waals surface area contributed by atoms with E-state index in [4.69, 9.17) is 51.6 Å². The number of carbonyl (C=O) groups is 5. The summed E-state index contributed by atoms with van der Waals surface area (Å²) in [5.41, 5.74) is 0.616. The van der Waals surface area contributed by atoms with E-state index in [1.165, 1.54) is 36.4 Å². The van der Waals surface area contributed by atoms with Crippen LogP contribution in [-0.2, 0) is 33.2 Å². The normalized spacial score (nSPS) is 24.8. The van der Waals surface area contributed by atoms with E-state index in [1.54, 1.807) is 91.9 Å². The maximum atomic E-state index is 13.7. The van der Waals surface area contributed by atoms with E-state index in [2.05, 4.69) is 0 Å². The minimum Gasteiger partial charge on any atom is -0.459 e. The molecule has 0 N–H and O–H groups in total. The first kappa shape index (κ1) is 36.7. The third kappa shape index (κ3) is 8.03. The Morgan fingerprint density at radius 1 is 0.596 bits per heavy atom. The number of ketones is 1. The van der Waals surface area contributed by atoms with Gasteiger partial charge in [0.25, 0.3) is 0 Å². The van der Waals surface area contributed by atoms with E-state index >= 15 is 0 Å². The van der Waals surface area contributed by atoms with Gasteiger partial charge < -0.3 is 28.4 Å². The number of esters is 4. The molecule has 4 aromatic carbocycles. The summed E-state index contributed by atoms with van der Waals surface area (Å²) in [5, 5.41) is 0. The summed E-state index contributed by atoms with van der Waals surface area (Å²) in [4.78, 5) is 66.6. The summed E-state index contributed by atoms with van der Waals surface area (Å²) >= 11 is 12.7. The maximum Gasteiger partial charge on any atom is 0.338 e. The van der Waals surface area contributed by atoms with Crippen LogP contribution in [0.3, 0.4) is 0 Å². The third-order valence-electron chi connectivity index (χ3n) is 8.57. The summed E-state index contributed by atoms with van der Waals surface area (Å²) in [7, 11) is 0. The minimum atomic E-state index is -1.99. The summed E-state index contributed by atoms with van der Waals surface area (Å²) in [6.07, 6.45) is -9.06. The van der Waals surface area contributed by atoms with Crippen molar-refractivity contribution in [1.29, 1.82) is 0 Å². The van der Waals surface area contributed by atoms with E-state index in [0.29, 0.717) is 0 Å². The number of hydrogen-bond donors (Lipinski definition) is 0. The number of alkyl halides is 2. The molecule has 268 valence electrons. The van der Waals surface area contributed by atoms with Crippen LogP contribution >= 0.6 is 23.2 Å². The van der Waals surface area contributed by atoms with Crippen molar-refractivity contribution in [1.82, 2.24) is 0 Å². The molecule has 0 bridgehead atoms. The van der Waals surface area contributed by atoms with Gasteiger partial charge in [-0.25, -0.2) is 19.2 Å². The van der Waals surface area contributed by atoms with Gasteiger partial charge in [-0.05, 0) is 48.5 Å². The maximum absolute atomic E-state index is 13.7. The fourth-order valence-electron chi connectivity index (χ4n) is 5.78. The fraction of sp³-hybridized carbons (Fsp3) is 0.256. The summed E-state index contributed by atoms with van der Waals surface area (Å²) < 4.78 is 34.1. The van der Waals surface area contributed by atoms with E-state index in [1.807, 2.05) is 0 Å². The number of Topliss-reactive ketones (excluding diaryl/α,β-unsaturated/α-hetero) is 1. The molecule has 11 nitrogen and oxygen atoms in total. The molecule has 1 saturated carbocycles. The Balaban J connectivity index is 1.42. The molecule has 0 amide bonds. The molecular formula is C39H32Cl2O11. The quantitative estimate of drug-likeness (QED) is 0.101. The number of hydrogen-bond acceptors (Lipinski definition) is 11. The average Bonchev–Trinajstić information content (AvgIpc) is 3.18. The van der Waals surface area contributed by atoms with Gasteiger partial charge in [0, 0.05) is 5.92 Å². The molecule has 2 unspecified atom stereocenters. The van der Waals surface area contributed by atoms with E-state index < -0.39 is 83.3 Å². The molecule has 1 aliphatic heterocycles. The van der Waals surface area contributed by atoms with Gasteiger partial charge in [-0.2, -0.15) is 0 Å². The van der Waals surface area contributed by atoms with E-state index in [9.17, 15) is 24.0 Å². The van der Waals surface area contributed by atoms with Gasteiger partial charge in [0.2, 0.25) is 4.33 Å². The van der Waals surface area contributed by atoms with Crippen LogP contribution in [0.1, 0.15) is 48.4 Å². The molecule has 4 aromatic rings. The van der Waals surface area contributed by atoms with Crippen LogP contribution in [0.4, 0.5) is 0 Å². The first-order valence-electron chi connectivity index (χ1n) is 16.3. The summed E-state index contributed by atoms with van der Waals surface area (Å²) in [6.45, 7) is 0.991. The monoisotopic (exact) mass is 746 g/mol. The molecule has 1 heterocycles. The van der Waals surface area contributed by atoms with Crippen molar-refractivity contribution in [2.75, 3.05) is 6.61 Å². The average molecular weight is 748 g/mol. The Labute approximate surface area is 308 Å². The number of benzene rings is 4.